The van der Waals surface area contributed by atoms with Crippen LogP contribution in [0.2, 0.25) is 0 Å². The monoisotopic (exact) mass is 447 g/mol. The van der Waals surface area contributed by atoms with E-state index in [-0.39, 0.29) is 23.5 Å². The third kappa shape index (κ3) is 5.53. The summed E-state index contributed by atoms with van der Waals surface area (Å²) in [5.74, 6) is -2.10. The maximum absolute atomic E-state index is 12.3. The molecule has 3 aliphatic rings. The van der Waals surface area contributed by atoms with Crippen LogP contribution in [0.25, 0.3) is 0 Å². The number of carbonyl (C=O) groups excluding carboxylic acids is 2. The highest BCUT2D eigenvalue weighted by molar-refractivity contribution is 5.93. The van der Waals surface area contributed by atoms with E-state index < -0.39 is 12.1 Å². The minimum absolute atomic E-state index is 0.00946. The fourth-order valence-electron chi connectivity index (χ4n) is 3.65. The number of H-pyrrole nitrogens is 1. The molecule has 1 atom stereocenters. The number of aromatic nitrogens is 2. The number of aliphatic carboxylic acids is 1. The van der Waals surface area contributed by atoms with Gasteiger partial charge in [0.05, 0.1) is 19.7 Å². The Balaban J connectivity index is 0.000000339. The van der Waals surface area contributed by atoms with Crippen LogP contribution in [0.5, 0.6) is 0 Å². The molecule has 3 N–H and O–H groups in total. The highest BCUT2D eigenvalue weighted by Crippen LogP contribution is 2.36. The first-order valence-corrected chi connectivity index (χ1v) is 9.73. The number of morpholine rings is 1. The van der Waals surface area contributed by atoms with Crippen molar-refractivity contribution in [2.45, 2.75) is 30.7 Å². The van der Waals surface area contributed by atoms with Gasteiger partial charge >= 0.3 is 12.1 Å². The zero-order valence-corrected chi connectivity index (χ0v) is 16.8. The normalized spacial score (nSPS) is 22.8. The van der Waals surface area contributed by atoms with E-state index >= 15 is 0 Å². The highest BCUT2D eigenvalue weighted by atomic mass is 19.4. The average molecular weight is 447 g/mol. The summed E-state index contributed by atoms with van der Waals surface area (Å²) in [6.45, 7) is 3.16. The minimum Gasteiger partial charge on any atom is -0.475 e. The summed E-state index contributed by atoms with van der Waals surface area (Å²) < 4.78 is 37.8. The molecule has 2 saturated heterocycles. The van der Waals surface area contributed by atoms with Crippen molar-refractivity contribution in [2.75, 3.05) is 39.8 Å². The van der Waals surface area contributed by atoms with Crippen LogP contribution in [0, 0.1) is 5.92 Å². The van der Waals surface area contributed by atoms with Gasteiger partial charge in [-0.1, -0.05) is 0 Å². The van der Waals surface area contributed by atoms with Crippen LogP contribution in [-0.4, -0.2) is 101 Å². The third-order valence-electron chi connectivity index (χ3n) is 5.44. The molecule has 2 amide bonds. The van der Waals surface area contributed by atoms with Gasteiger partial charge in [-0.05, 0) is 24.8 Å². The minimum atomic E-state index is -5.08. The summed E-state index contributed by atoms with van der Waals surface area (Å²) in [5, 5.41) is 16.4. The average Bonchev–Trinajstić information content (AvgIpc) is 3.33. The number of ether oxygens (including phenoxy) is 1. The number of rotatable bonds is 4. The summed E-state index contributed by atoms with van der Waals surface area (Å²) in [7, 11) is 1.66. The van der Waals surface area contributed by atoms with E-state index in [2.05, 4.69) is 20.4 Å². The SMILES string of the molecule is CNC(=O)C1COC2(CN(C(=O)c3ccn[nH]3)C2)CN1CC1CC1.O=C(O)C(F)(F)F. The molecular weight excluding hydrogens is 423 g/mol. The molecule has 0 aromatic carbocycles. The summed E-state index contributed by atoms with van der Waals surface area (Å²) in [6, 6.07) is 1.45. The van der Waals surface area contributed by atoms with Crippen molar-refractivity contribution < 1.29 is 37.4 Å². The summed E-state index contributed by atoms with van der Waals surface area (Å²) in [4.78, 5) is 37.4. The second-order valence-electron chi connectivity index (χ2n) is 7.93. The first-order valence-electron chi connectivity index (χ1n) is 9.73. The Morgan fingerprint density at radius 3 is 2.45 bits per heavy atom. The molecule has 2 aliphatic heterocycles. The Kier molecular flexibility index (Phi) is 6.55. The van der Waals surface area contributed by atoms with Crippen LogP contribution in [0.1, 0.15) is 23.3 Å². The largest absolute Gasteiger partial charge is 0.490 e. The van der Waals surface area contributed by atoms with Crippen molar-refractivity contribution in [1.29, 1.82) is 0 Å². The predicted molar refractivity (Wildman–Crippen MR) is 99.0 cm³/mol. The lowest BCUT2D eigenvalue weighted by molar-refractivity contribution is -0.192. The van der Waals surface area contributed by atoms with Gasteiger partial charge < -0.3 is 20.1 Å². The van der Waals surface area contributed by atoms with Gasteiger partial charge in [0.25, 0.3) is 5.91 Å². The number of hydrogen-bond donors (Lipinski definition) is 3. The number of likely N-dealkylation sites (tertiary alicyclic amines) is 1. The van der Waals surface area contributed by atoms with Crippen LogP contribution < -0.4 is 5.32 Å². The number of carbonyl (C=O) groups is 3. The molecule has 13 heteroatoms. The number of amides is 2. The van der Waals surface area contributed by atoms with E-state index in [4.69, 9.17) is 14.6 Å². The zero-order chi connectivity index (χ0) is 22.8. The van der Waals surface area contributed by atoms with E-state index in [1.165, 1.54) is 12.8 Å². The van der Waals surface area contributed by atoms with Crippen molar-refractivity contribution in [3.8, 4) is 0 Å². The smallest absolute Gasteiger partial charge is 0.475 e. The Morgan fingerprint density at radius 2 is 1.97 bits per heavy atom. The van der Waals surface area contributed by atoms with Crippen LogP contribution >= 0.6 is 0 Å². The van der Waals surface area contributed by atoms with Crippen LogP contribution in [0.4, 0.5) is 13.2 Å². The van der Waals surface area contributed by atoms with Crippen molar-refractivity contribution in [1.82, 2.24) is 25.3 Å². The first-order chi connectivity index (χ1) is 14.5. The van der Waals surface area contributed by atoms with Gasteiger partial charge in [0.15, 0.2) is 0 Å². The molecule has 4 rings (SSSR count). The Labute approximate surface area is 175 Å². The fourth-order valence-corrected chi connectivity index (χ4v) is 3.65. The maximum atomic E-state index is 12.3. The molecule has 1 spiro atoms. The van der Waals surface area contributed by atoms with Crippen molar-refractivity contribution in [2.24, 2.45) is 5.92 Å². The maximum Gasteiger partial charge on any atom is 0.490 e. The van der Waals surface area contributed by atoms with Gasteiger partial charge in [-0.2, -0.15) is 18.3 Å². The van der Waals surface area contributed by atoms with Gasteiger partial charge in [0.2, 0.25) is 5.91 Å². The Bertz CT molecular complexity index is 806. The molecule has 3 fully saturated rings. The molecule has 0 radical (unpaired) electrons. The summed E-state index contributed by atoms with van der Waals surface area (Å²) in [6.07, 6.45) is -1.02. The predicted octanol–water partition coefficient (Wildman–Crippen LogP) is 0.0944. The lowest BCUT2D eigenvalue weighted by atomic mass is 9.89. The standard InChI is InChI=1S/C16H23N5O3.C2HF3O2/c1-17-14(22)13-7-24-16(8-20(13)6-11-2-3-11)9-21(10-16)15(23)12-4-5-18-19-12;3-2(4,5)1(6)7/h4-5,11,13H,2-3,6-10H2,1H3,(H,17,22)(H,18,19);(H,6,7). The molecule has 1 aromatic rings. The highest BCUT2D eigenvalue weighted by Gasteiger charge is 2.52. The van der Waals surface area contributed by atoms with Crippen LogP contribution in [-0.2, 0) is 14.3 Å². The lowest BCUT2D eigenvalue weighted by Crippen LogP contribution is -2.73. The third-order valence-corrected chi connectivity index (χ3v) is 5.44. The molecule has 3 heterocycles. The molecule has 172 valence electrons. The molecule has 1 saturated carbocycles. The molecule has 0 bridgehead atoms. The topological polar surface area (TPSA) is 128 Å². The molecular formula is C18H24F3N5O5. The second kappa shape index (κ2) is 8.83. The van der Waals surface area contributed by atoms with Crippen molar-refractivity contribution >= 4 is 17.8 Å². The number of nitrogens with zero attached hydrogens (tertiary/aromatic N) is 3. The van der Waals surface area contributed by atoms with Crippen molar-refractivity contribution in [3.05, 3.63) is 18.0 Å². The number of hydrogen-bond acceptors (Lipinski definition) is 6. The molecule has 1 aliphatic carbocycles. The fraction of sp³-hybridized carbons (Fsp3) is 0.667. The van der Waals surface area contributed by atoms with Gasteiger partial charge in [-0.25, -0.2) is 4.79 Å². The van der Waals surface area contributed by atoms with E-state index in [1.54, 1.807) is 24.2 Å². The van der Waals surface area contributed by atoms with E-state index in [9.17, 15) is 22.8 Å². The van der Waals surface area contributed by atoms with Gasteiger partial charge in [0, 0.05) is 26.3 Å². The van der Waals surface area contributed by atoms with Gasteiger partial charge in [0.1, 0.15) is 17.3 Å². The number of aromatic amines is 1. The lowest BCUT2D eigenvalue weighted by Gasteiger charge is -2.55. The summed E-state index contributed by atoms with van der Waals surface area (Å²) in [5.41, 5.74) is 0.161. The van der Waals surface area contributed by atoms with Crippen molar-refractivity contribution in [3.63, 3.8) is 0 Å². The van der Waals surface area contributed by atoms with Gasteiger partial charge in [-0.15, -0.1) is 0 Å². The Hall–Kier alpha value is -2.67. The Morgan fingerprint density at radius 1 is 1.32 bits per heavy atom. The quantitative estimate of drug-likeness (QED) is 0.597. The second-order valence-corrected chi connectivity index (χ2v) is 7.93. The molecule has 1 aromatic heterocycles. The number of nitrogens with one attached hydrogen (secondary N) is 2. The van der Waals surface area contributed by atoms with E-state index in [0.717, 1.165) is 6.54 Å². The summed E-state index contributed by atoms with van der Waals surface area (Å²) >= 11 is 0. The van der Waals surface area contributed by atoms with E-state index in [0.29, 0.717) is 37.9 Å². The molecule has 1 unspecified atom stereocenters. The number of alkyl halides is 3. The number of carboxylic acids is 1. The molecule has 31 heavy (non-hydrogen) atoms. The van der Waals surface area contributed by atoms with Gasteiger partial charge in [-0.3, -0.25) is 19.6 Å². The van der Waals surface area contributed by atoms with Crippen LogP contribution in [0.3, 0.4) is 0 Å². The molecule has 10 nitrogen and oxygen atoms in total. The number of carboxylic acid groups (broad SMARTS) is 1. The number of halogens is 3. The zero-order valence-electron chi connectivity index (χ0n) is 16.8. The first kappa shape index (κ1) is 23.0. The van der Waals surface area contributed by atoms with E-state index in [1.807, 2.05) is 0 Å². The number of likely N-dealkylation sites (N-methyl/N-ethyl adjacent to an activating group) is 1. The van der Waals surface area contributed by atoms with Crippen LogP contribution in [0.15, 0.2) is 12.3 Å².